The molecule has 6 aromatic rings. The fraction of sp³-hybridized carbons (Fsp3) is 0.238. The minimum Gasteiger partial charge on any atom is -0.481 e. The molecule has 0 bridgehead atoms. The van der Waals surface area contributed by atoms with Crippen LogP contribution in [-0.2, 0) is 38.4 Å². The molecule has 1 aliphatic carbocycles. The van der Waals surface area contributed by atoms with Gasteiger partial charge in [-0.25, -0.2) is 9.97 Å². The van der Waals surface area contributed by atoms with Crippen molar-refractivity contribution in [3.8, 4) is 11.3 Å². The summed E-state index contributed by atoms with van der Waals surface area (Å²) in [5.41, 5.74) is 5.67. The first-order chi connectivity index (χ1) is 26.5. The smallest absolute Gasteiger partial charge is 0.304 e. The van der Waals surface area contributed by atoms with Gasteiger partial charge in [-0.15, -0.1) is 11.3 Å². The molecule has 10 nitrogen and oxygen atoms in total. The van der Waals surface area contributed by atoms with Gasteiger partial charge in [0.2, 0.25) is 11.8 Å². The number of carboxylic acids is 2. The second-order valence-corrected chi connectivity index (χ2v) is 15.6. The van der Waals surface area contributed by atoms with Crippen molar-refractivity contribution in [3.05, 3.63) is 130 Å². The number of carbonyl (C=O) groups excluding carboxylic acids is 2. The lowest BCUT2D eigenvalue weighted by atomic mass is 9.86. The maximum atomic E-state index is 13.3. The number of carbonyl (C=O) groups is 4. The molecule has 0 saturated heterocycles. The van der Waals surface area contributed by atoms with E-state index in [9.17, 15) is 29.4 Å². The van der Waals surface area contributed by atoms with Gasteiger partial charge in [0.05, 0.1) is 40.6 Å². The van der Waals surface area contributed by atoms with Gasteiger partial charge >= 0.3 is 11.9 Å². The second kappa shape index (κ2) is 17.8. The van der Waals surface area contributed by atoms with Gasteiger partial charge in [-0.1, -0.05) is 108 Å². The summed E-state index contributed by atoms with van der Waals surface area (Å²) in [6.45, 7) is 0. The number of thiazole rings is 2. The van der Waals surface area contributed by atoms with E-state index in [0.717, 1.165) is 34.2 Å². The number of benzene rings is 4. The average Bonchev–Trinajstić information content (AvgIpc) is 3.95. The molecule has 0 fully saturated rings. The van der Waals surface area contributed by atoms with Crippen LogP contribution in [0.4, 0.5) is 10.3 Å². The lowest BCUT2D eigenvalue weighted by Gasteiger charge is -2.25. The van der Waals surface area contributed by atoms with E-state index in [2.05, 4.69) is 22.1 Å². The quantitative estimate of drug-likeness (QED) is 0.126. The Balaban J connectivity index is 0.000000190. The van der Waals surface area contributed by atoms with Crippen molar-refractivity contribution in [2.75, 3.05) is 23.9 Å². The molecule has 0 saturated carbocycles. The first kappa shape index (κ1) is 39.3. The van der Waals surface area contributed by atoms with Crippen molar-refractivity contribution in [2.24, 2.45) is 17.8 Å². The minimum absolute atomic E-state index is 0.0311. The Kier molecular flexibility index (Phi) is 12.7. The molecule has 2 amide bonds. The van der Waals surface area contributed by atoms with Crippen LogP contribution in [-0.4, -0.2) is 58.0 Å². The Hall–Kier alpha value is -5.43. The molecule has 13 heteroatoms. The van der Waals surface area contributed by atoms with Gasteiger partial charge in [-0.05, 0) is 60.1 Å². The topological polar surface area (TPSA) is 141 Å². The SMILES string of the molecule is CN(C(=O)[C@@H](CC(=O)O)C1Cc2ccccc2C1)c1nc(-c2ccccc2Cl)cs1.CN(C(=O)[C@@H](CC(=O)O)Cc1ccccc1)c1nc2ccccc2s1. The van der Waals surface area contributed by atoms with E-state index in [1.54, 1.807) is 20.2 Å². The van der Waals surface area contributed by atoms with E-state index in [0.29, 0.717) is 27.4 Å². The molecule has 4 aromatic carbocycles. The largest absolute Gasteiger partial charge is 0.481 e. The molecule has 282 valence electrons. The summed E-state index contributed by atoms with van der Waals surface area (Å²) in [6.07, 6.45) is 1.43. The summed E-state index contributed by atoms with van der Waals surface area (Å²) in [7, 11) is 3.31. The highest BCUT2D eigenvalue weighted by Gasteiger charge is 2.37. The number of hydrogen-bond acceptors (Lipinski definition) is 8. The molecule has 0 spiro atoms. The molecule has 0 unspecified atom stereocenters. The van der Waals surface area contributed by atoms with Gasteiger partial charge < -0.3 is 10.2 Å². The number of halogens is 1. The molecule has 2 heterocycles. The van der Waals surface area contributed by atoms with Crippen LogP contribution in [0.2, 0.25) is 5.02 Å². The predicted molar refractivity (Wildman–Crippen MR) is 218 cm³/mol. The molecule has 0 radical (unpaired) electrons. The van der Waals surface area contributed by atoms with Gasteiger partial charge in [-0.2, -0.15) is 0 Å². The van der Waals surface area contributed by atoms with Crippen molar-refractivity contribution < 1.29 is 29.4 Å². The van der Waals surface area contributed by atoms with Crippen LogP contribution < -0.4 is 9.80 Å². The molecule has 55 heavy (non-hydrogen) atoms. The van der Waals surface area contributed by atoms with Crippen molar-refractivity contribution >= 4 is 78.5 Å². The first-order valence-electron chi connectivity index (χ1n) is 17.6. The fourth-order valence-corrected chi connectivity index (χ4v) is 8.76. The number of aliphatic carboxylic acids is 2. The van der Waals surface area contributed by atoms with Gasteiger partial charge in [0, 0.05) is 30.1 Å². The van der Waals surface area contributed by atoms with Crippen LogP contribution >= 0.6 is 34.3 Å². The van der Waals surface area contributed by atoms with E-state index < -0.39 is 23.8 Å². The molecular formula is C42H39ClN4O6S2. The molecule has 1 aliphatic rings. The van der Waals surface area contributed by atoms with Crippen LogP contribution in [0.1, 0.15) is 29.5 Å². The Morgan fingerprint density at radius 1 is 0.745 bits per heavy atom. The normalized spacial score (nSPS) is 13.3. The average molecular weight is 795 g/mol. The highest BCUT2D eigenvalue weighted by Crippen LogP contribution is 2.37. The monoisotopic (exact) mass is 794 g/mol. The molecular weight excluding hydrogens is 756 g/mol. The van der Waals surface area contributed by atoms with E-state index >= 15 is 0 Å². The number of aromatic nitrogens is 2. The highest BCUT2D eigenvalue weighted by atomic mass is 35.5. The summed E-state index contributed by atoms with van der Waals surface area (Å²) in [5.74, 6) is -3.65. The third-order valence-corrected chi connectivity index (χ3v) is 12.0. The van der Waals surface area contributed by atoms with E-state index in [1.165, 1.54) is 43.6 Å². The Morgan fingerprint density at radius 3 is 2.00 bits per heavy atom. The zero-order valence-electron chi connectivity index (χ0n) is 30.2. The number of fused-ring (bicyclic) bond motifs is 2. The third kappa shape index (κ3) is 9.63. The maximum absolute atomic E-state index is 13.3. The first-order valence-corrected chi connectivity index (χ1v) is 19.7. The van der Waals surface area contributed by atoms with Gasteiger partial charge in [0.15, 0.2) is 10.3 Å². The number of rotatable bonds is 12. The second-order valence-electron chi connectivity index (χ2n) is 13.4. The zero-order chi connectivity index (χ0) is 39.1. The molecule has 2 N–H and O–H groups in total. The minimum atomic E-state index is -0.980. The lowest BCUT2D eigenvalue weighted by molar-refractivity contribution is -0.141. The number of amides is 2. The van der Waals surface area contributed by atoms with Gasteiger partial charge in [0.1, 0.15) is 0 Å². The Bertz CT molecular complexity index is 2250. The summed E-state index contributed by atoms with van der Waals surface area (Å²) in [4.78, 5) is 61.0. The number of carboxylic acid groups (broad SMARTS) is 2. The predicted octanol–water partition coefficient (Wildman–Crippen LogP) is 8.52. The van der Waals surface area contributed by atoms with Crippen molar-refractivity contribution in [1.29, 1.82) is 0 Å². The summed E-state index contributed by atoms with van der Waals surface area (Å²) in [6, 6.07) is 32.6. The molecule has 7 rings (SSSR count). The Morgan fingerprint density at radius 2 is 1.35 bits per heavy atom. The zero-order valence-corrected chi connectivity index (χ0v) is 32.6. The maximum Gasteiger partial charge on any atom is 0.304 e. The number of nitrogens with zero attached hydrogens (tertiary/aromatic N) is 4. The van der Waals surface area contributed by atoms with Gasteiger partial charge in [0.25, 0.3) is 0 Å². The van der Waals surface area contributed by atoms with Crippen LogP contribution in [0, 0.1) is 17.8 Å². The van der Waals surface area contributed by atoms with E-state index in [4.69, 9.17) is 11.6 Å². The number of para-hydroxylation sites is 1. The highest BCUT2D eigenvalue weighted by molar-refractivity contribution is 7.22. The number of hydrogen-bond donors (Lipinski definition) is 2. The molecule has 0 aliphatic heterocycles. The van der Waals surface area contributed by atoms with E-state index in [-0.39, 0.29) is 30.6 Å². The van der Waals surface area contributed by atoms with Crippen LogP contribution in [0.5, 0.6) is 0 Å². The lowest BCUT2D eigenvalue weighted by Crippen LogP contribution is -2.38. The van der Waals surface area contributed by atoms with Crippen molar-refractivity contribution in [1.82, 2.24) is 9.97 Å². The van der Waals surface area contributed by atoms with Gasteiger partial charge in [-0.3, -0.25) is 29.0 Å². The van der Waals surface area contributed by atoms with Crippen LogP contribution in [0.15, 0.2) is 109 Å². The summed E-state index contributed by atoms with van der Waals surface area (Å²) >= 11 is 9.03. The van der Waals surface area contributed by atoms with Crippen molar-refractivity contribution in [3.63, 3.8) is 0 Å². The van der Waals surface area contributed by atoms with Crippen molar-refractivity contribution in [2.45, 2.75) is 32.1 Å². The molecule has 2 atom stereocenters. The summed E-state index contributed by atoms with van der Waals surface area (Å²) in [5, 5.41) is 22.2. The third-order valence-electron chi connectivity index (χ3n) is 9.62. The Labute approximate surface area is 331 Å². The summed E-state index contributed by atoms with van der Waals surface area (Å²) < 4.78 is 0.995. The van der Waals surface area contributed by atoms with Crippen LogP contribution in [0.3, 0.4) is 0 Å². The standard InChI is InChI=1S/C23H21ClN2O3S.C19H18N2O3S/c1-26(23-25-20(13-30-23)17-8-4-5-9-19(17)24)22(29)18(12-21(27)28)16-10-14-6-2-3-7-15(14)11-16;1-21(19-20-15-9-5-6-10-16(15)25-19)18(24)14(12-17(22)23)11-13-7-3-2-4-8-13/h2-9,13,16,18H,10-12H2,1H3,(H,27,28);2-10,14H,11-12H2,1H3,(H,22,23)/t18-;14-/m01/s1. The fourth-order valence-electron chi connectivity index (χ4n) is 6.80. The molecule has 2 aromatic heterocycles. The van der Waals surface area contributed by atoms with E-state index in [1.807, 2.05) is 90.3 Å². The number of anilines is 2. The van der Waals surface area contributed by atoms with Crippen LogP contribution in [0.25, 0.3) is 21.5 Å².